The number of fused-ring (bicyclic) bond motifs is 1. The molecule has 0 aliphatic carbocycles. The fourth-order valence-electron chi connectivity index (χ4n) is 2.70. The molecule has 1 atom stereocenters. The third-order valence-corrected chi connectivity index (χ3v) is 3.68. The number of rotatable bonds is 5. The van der Waals surface area contributed by atoms with Crippen molar-refractivity contribution in [2.45, 2.75) is 39.8 Å². The Morgan fingerprint density at radius 1 is 1.38 bits per heavy atom. The molecule has 3 rings (SSSR count). The van der Waals surface area contributed by atoms with Crippen LogP contribution in [-0.4, -0.2) is 22.2 Å². The fraction of sp³-hybridized carbons (Fsp3) is 0.471. The summed E-state index contributed by atoms with van der Waals surface area (Å²) in [5.41, 5.74) is 2.34. The summed E-state index contributed by atoms with van der Waals surface area (Å²) >= 11 is 0. The van der Waals surface area contributed by atoms with E-state index in [2.05, 4.69) is 47.0 Å². The van der Waals surface area contributed by atoms with E-state index >= 15 is 0 Å². The van der Waals surface area contributed by atoms with Gasteiger partial charge in [-0.15, -0.1) is 0 Å². The van der Waals surface area contributed by atoms with Gasteiger partial charge in [-0.05, 0) is 24.5 Å². The van der Waals surface area contributed by atoms with Gasteiger partial charge in [-0.3, -0.25) is 0 Å². The van der Waals surface area contributed by atoms with Crippen LogP contribution < -0.4 is 10.1 Å². The molecule has 1 aromatic heterocycles. The molecule has 1 unspecified atom stereocenters. The molecule has 0 bridgehead atoms. The highest BCUT2D eigenvalue weighted by atomic mass is 16.5. The van der Waals surface area contributed by atoms with Crippen LogP contribution in [0.1, 0.15) is 25.1 Å². The van der Waals surface area contributed by atoms with Gasteiger partial charge in [0.1, 0.15) is 11.9 Å². The second-order valence-corrected chi connectivity index (χ2v) is 6.18. The van der Waals surface area contributed by atoms with Crippen LogP contribution in [0.3, 0.4) is 0 Å². The van der Waals surface area contributed by atoms with Crippen molar-refractivity contribution in [1.82, 2.24) is 9.55 Å². The molecule has 0 amide bonds. The van der Waals surface area contributed by atoms with Crippen molar-refractivity contribution in [1.29, 1.82) is 0 Å². The van der Waals surface area contributed by atoms with Crippen LogP contribution >= 0.6 is 0 Å². The van der Waals surface area contributed by atoms with Gasteiger partial charge >= 0.3 is 0 Å². The number of aryl methyl sites for hydroxylation is 1. The number of hydrogen-bond acceptors (Lipinski definition) is 3. The SMILES string of the molecule is Cc1cn(CC2Cc3ccccc3O2)c(NCC(C)C)n1. The Balaban J connectivity index is 1.69. The standard InChI is InChI=1S/C17H23N3O/c1-12(2)9-18-17-19-13(3)10-20(17)11-15-8-14-6-4-5-7-16(14)21-15/h4-7,10,12,15H,8-9,11H2,1-3H3,(H,18,19). The first-order valence-electron chi connectivity index (χ1n) is 7.64. The summed E-state index contributed by atoms with van der Waals surface area (Å²) in [5.74, 6) is 2.57. The molecule has 1 aliphatic heterocycles. The molecule has 1 N–H and O–H groups in total. The van der Waals surface area contributed by atoms with Crippen molar-refractivity contribution >= 4 is 5.95 Å². The highest BCUT2D eigenvalue weighted by molar-refractivity contribution is 5.37. The molecular formula is C17H23N3O. The molecule has 2 aromatic rings. The Morgan fingerprint density at radius 2 is 2.19 bits per heavy atom. The lowest BCUT2D eigenvalue weighted by molar-refractivity contribution is 0.210. The number of nitrogens with zero attached hydrogens (tertiary/aromatic N) is 2. The largest absolute Gasteiger partial charge is 0.488 e. The maximum atomic E-state index is 6.02. The molecule has 4 nitrogen and oxygen atoms in total. The smallest absolute Gasteiger partial charge is 0.203 e. The lowest BCUT2D eigenvalue weighted by Gasteiger charge is -2.15. The van der Waals surface area contributed by atoms with E-state index in [4.69, 9.17) is 4.74 Å². The number of para-hydroxylation sites is 1. The van der Waals surface area contributed by atoms with Gasteiger partial charge in [0.05, 0.1) is 12.2 Å². The highest BCUT2D eigenvalue weighted by Gasteiger charge is 2.23. The molecule has 0 radical (unpaired) electrons. The number of imidazole rings is 1. The summed E-state index contributed by atoms with van der Waals surface area (Å²) in [6, 6.07) is 8.29. The lowest BCUT2D eigenvalue weighted by Crippen LogP contribution is -2.22. The van der Waals surface area contributed by atoms with Crippen LogP contribution in [0, 0.1) is 12.8 Å². The summed E-state index contributed by atoms with van der Waals surface area (Å²) in [4.78, 5) is 4.57. The van der Waals surface area contributed by atoms with Crippen molar-refractivity contribution in [2.75, 3.05) is 11.9 Å². The average Bonchev–Trinajstić information content (AvgIpc) is 2.99. The van der Waals surface area contributed by atoms with Crippen molar-refractivity contribution in [3.63, 3.8) is 0 Å². The zero-order valence-electron chi connectivity index (χ0n) is 13.0. The quantitative estimate of drug-likeness (QED) is 0.916. The van der Waals surface area contributed by atoms with Gasteiger partial charge in [-0.2, -0.15) is 0 Å². The predicted molar refractivity (Wildman–Crippen MR) is 84.9 cm³/mol. The topological polar surface area (TPSA) is 39.1 Å². The van der Waals surface area contributed by atoms with Gasteiger partial charge in [0, 0.05) is 19.2 Å². The van der Waals surface area contributed by atoms with Crippen molar-refractivity contribution in [3.05, 3.63) is 41.7 Å². The van der Waals surface area contributed by atoms with Gasteiger partial charge in [0.25, 0.3) is 0 Å². The number of anilines is 1. The Hall–Kier alpha value is -1.97. The Labute approximate surface area is 126 Å². The van der Waals surface area contributed by atoms with Gasteiger partial charge < -0.3 is 14.6 Å². The van der Waals surface area contributed by atoms with Gasteiger partial charge in [0.15, 0.2) is 0 Å². The highest BCUT2D eigenvalue weighted by Crippen LogP contribution is 2.29. The molecule has 21 heavy (non-hydrogen) atoms. The van der Waals surface area contributed by atoms with Crippen molar-refractivity contribution < 1.29 is 4.74 Å². The van der Waals surface area contributed by atoms with Gasteiger partial charge in [-0.25, -0.2) is 4.98 Å². The van der Waals surface area contributed by atoms with Crippen LogP contribution in [0.2, 0.25) is 0 Å². The summed E-state index contributed by atoms with van der Waals surface area (Å²) in [5, 5.41) is 3.42. The van der Waals surface area contributed by atoms with Gasteiger partial charge in [0.2, 0.25) is 5.95 Å². The van der Waals surface area contributed by atoms with E-state index in [1.165, 1.54) is 5.56 Å². The number of aromatic nitrogens is 2. The second-order valence-electron chi connectivity index (χ2n) is 6.18. The summed E-state index contributed by atoms with van der Waals surface area (Å²) in [7, 11) is 0. The predicted octanol–water partition coefficient (Wildman–Crippen LogP) is 3.26. The van der Waals surface area contributed by atoms with Gasteiger partial charge in [-0.1, -0.05) is 32.0 Å². The lowest BCUT2D eigenvalue weighted by atomic mass is 10.1. The molecule has 0 saturated carbocycles. The van der Waals surface area contributed by atoms with E-state index in [1.54, 1.807) is 0 Å². The molecule has 0 saturated heterocycles. The van der Waals surface area contributed by atoms with Crippen LogP contribution in [0.4, 0.5) is 5.95 Å². The van der Waals surface area contributed by atoms with Crippen LogP contribution in [0.25, 0.3) is 0 Å². The normalized spacial score (nSPS) is 16.9. The fourth-order valence-corrected chi connectivity index (χ4v) is 2.70. The molecule has 4 heteroatoms. The Morgan fingerprint density at radius 3 is 2.95 bits per heavy atom. The molecular weight excluding hydrogens is 262 g/mol. The molecule has 2 heterocycles. The molecule has 1 aromatic carbocycles. The third kappa shape index (κ3) is 3.20. The minimum absolute atomic E-state index is 0.190. The maximum Gasteiger partial charge on any atom is 0.203 e. The number of nitrogens with one attached hydrogen (secondary N) is 1. The minimum Gasteiger partial charge on any atom is -0.488 e. The van der Waals surface area contributed by atoms with E-state index < -0.39 is 0 Å². The number of ether oxygens (including phenoxy) is 1. The average molecular weight is 285 g/mol. The van der Waals surface area contributed by atoms with Crippen molar-refractivity contribution in [2.24, 2.45) is 5.92 Å². The first kappa shape index (κ1) is 14.0. The Bertz CT molecular complexity index is 593. The monoisotopic (exact) mass is 285 g/mol. The second kappa shape index (κ2) is 5.80. The zero-order valence-corrected chi connectivity index (χ0v) is 13.0. The maximum absolute atomic E-state index is 6.02. The van der Waals surface area contributed by atoms with E-state index in [0.717, 1.165) is 36.9 Å². The van der Waals surface area contributed by atoms with E-state index in [1.807, 2.05) is 19.1 Å². The summed E-state index contributed by atoms with van der Waals surface area (Å²) in [6.45, 7) is 8.19. The van der Waals surface area contributed by atoms with E-state index in [9.17, 15) is 0 Å². The summed E-state index contributed by atoms with van der Waals surface area (Å²) in [6.07, 6.45) is 3.25. The Kier molecular flexibility index (Phi) is 3.86. The van der Waals surface area contributed by atoms with Crippen molar-refractivity contribution in [3.8, 4) is 5.75 Å². The molecule has 112 valence electrons. The van der Waals surface area contributed by atoms with Crippen LogP contribution in [0.5, 0.6) is 5.75 Å². The molecule has 0 spiro atoms. The number of hydrogen-bond donors (Lipinski definition) is 1. The summed E-state index contributed by atoms with van der Waals surface area (Å²) < 4.78 is 8.20. The van der Waals surface area contributed by atoms with Crippen LogP contribution in [-0.2, 0) is 13.0 Å². The third-order valence-electron chi connectivity index (χ3n) is 3.68. The molecule has 0 fully saturated rings. The molecule has 1 aliphatic rings. The van der Waals surface area contributed by atoms with Crippen LogP contribution in [0.15, 0.2) is 30.5 Å². The first-order chi connectivity index (χ1) is 10.1. The zero-order chi connectivity index (χ0) is 14.8. The van der Waals surface area contributed by atoms with E-state index in [-0.39, 0.29) is 6.10 Å². The minimum atomic E-state index is 0.190. The van der Waals surface area contributed by atoms with E-state index in [0.29, 0.717) is 5.92 Å². The first-order valence-corrected chi connectivity index (χ1v) is 7.64. The number of benzene rings is 1.